The standard InChI is InChI=1S/C15H18N2O2/c1-11(17-10-12-5-7-16-8-6-12)14-9-13(19-2)3-4-15(14)18/h3-9,11,17-18H,10H2,1-2H3. The SMILES string of the molecule is COc1ccc(O)c(C(C)NCc2ccncc2)c1. The van der Waals surface area contributed by atoms with Crippen LogP contribution in [-0.4, -0.2) is 17.2 Å². The fraction of sp³-hybridized carbons (Fsp3) is 0.267. The molecule has 0 bridgehead atoms. The van der Waals surface area contributed by atoms with E-state index in [0.29, 0.717) is 0 Å². The Morgan fingerprint density at radius 1 is 1.26 bits per heavy atom. The molecule has 0 fully saturated rings. The molecule has 0 saturated carbocycles. The van der Waals surface area contributed by atoms with E-state index in [2.05, 4.69) is 10.3 Å². The largest absolute Gasteiger partial charge is 0.508 e. The van der Waals surface area contributed by atoms with Gasteiger partial charge in [-0.05, 0) is 42.8 Å². The molecule has 0 aliphatic rings. The Hall–Kier alpha value is -2.07. The maximum absolute atomic E-state index is 9.89. The highest BCUT2D eigenvalue weighted by Crippen LogP contribution is 2.28. The van der Waals surface area contributed by atoms with Gasteiger partial charge in [-0.3, -0.25) is 4.98 Å². The zero-order chi connectivity index (χ0) is 13.7. The molecular weight excluding hydrogens is 240 g/mol. The second-order valence-corrected chi connectivity index (χ2v) is 4.38. The first-order valence-electron chi connectivity index (χ1n) is 6.20. The number of hydrogen-bond acceptors (Lipinski definition) is 4. The summed E-state index contributed by atoms with van der Waals surface area (Å²) in [6, 6.07) is 9.20. The number of rotatable bonds is 5. The molecule has 4 nitrogen and oxygen atoms in total. The van der Waals surface area contributed by atoms with Crippen LogP contribution in [0, 0.1) is 0 Å². The van der Waals surface area contributed by atoms with Gasteiger partial charge in [-0.15, -0.1) is 0 Å². The molecule has 0 spiro atoms. The van der Waals surface area contributed by atoms with E-state index in [4.69, 9.17) is 4.74 Å². The van der Waals surface area contributed by atoms with E-state index in [1.165, 1.54) is 0 Å². The highest BCUT2D eigenvalue weighted by Gasteiger charge is 2.11. The van der Waals surface area contributed by atoms with Crippen molar-refractivity contribution in [1.29, 1.82) is 0 Å². The van der Waals surface area contributed by atoms with Crippen molar-refractivity contribution in [3.05, 3.63) is 53.9 Å². The second kappa shape index (κ2) is 6.20. The van der Waals surface area contributed by atoms with Crippen LogP contribution in [0.25, 0.3) is 0 Å². The van der Waals surface area contributed by atoms with Crippen molar-refractivity contribution in [2.45, 2.75) is 19.5 Å². The smallest absolute Gasteiger partial charge is 0.120 e. The van der Waals surface area contributed by atoms with Gasteiger partial charge in [0, 0.05) is 30.5 Å². The third-order valence-corrected chi connectivity index (χ3v) is 3.06. The summed E-state index contributed by atoms with van der Waals surface area (Å²) in [5.74, 6) is 1.01. The summed E-state index contributed by atoms with van der Waals surface area (Å²) in [7, 11) is 1.62. The van der Waals surface area contributed by atoms with Crippen molar-refractivity contribution in [3.63, 3.8) is 0 Å². The Morgan fingerprint density at radius 2 is 2.00 bits per heavy atom. The summed E-state index contributed by atoms with van der Waals surface area (Å²) in [4.78, 5) is 3.98. The number of benzene rings is 1. The summed E-state index contributed by atoms with van der Waals surface area (Å²) >= 11 is 0. The average molecular weight is 258 g/mol. The lowest BCUT2D eigenvalue weighted by Gasteiger charge is -2.16. The van der Waals surface area contributed by atoms with Gasteiger partial charge in [0.1, 0.15) is 11.5 Å². The number of ether oxygens (including phenoxy) is 1. The van der Waals surface area contributed by atoms with E-state index in [1.54, 1.807) is 31.6 Å². The van der Waals surface area contributed by atoms with Crippen LogP contribution in [0.1, 0.15) is 24.1 Å². The fourth-order valence-corrected chi connectivity index (χ4v) is 1.89. The average Bonchev–Trinajstić information content (AvgIpc) is 2.46. The minimum absolute atomic E-state index is 0.0308. The van der Waals surface area contributed by atoms with Gasteiger partial charge in [0.25, 0.3) is 0 Å². The van der Waals surface area contributed by atoms with Crippen molar-refractivity contribution in [2.75, 3.05) is 7.11 Å². The van der Waals surface area contributed by atoms with Crippen LogP contribution in [0.5, 0.6) is 11.5 Å². The Bertz CT molecular complexity index is 529. The molecule has 2 rings (SSSR count). The van der Waals surface area contributed by atoms with Crippen molar-refractivity contribution in [1.82, 2.24) is 10.3 Å². The number of aromatic hydroxyl groups is 1. The lowest BCUT2D eigenvalue weighted by molar-refractivity contribution is 0.407. The van der Waals surface area contributed by atoms with Crippen LogP contribution in [-0.2, 0) is 6.54 Å². The second-order valence-electron chi connectivity index (χ2n) is 4.38. The van der Waals surface area contributed by atoms with Crippen LogP contribution in [0.15, 0.2) is 42.7 Å². The molecule has 1 heterocycles. The normalized spacial score (nSPS) is 12.1. The lowest BCUT2D eigenvalue weighted by Crippen LogP contribution is -2.18. The van der Waals surface area contributed by atoms with Crippen LogP contribution < -0.4 is 10.1 Å². The quantitative estimate of drug-likeness (QED) is 0.865. The number of aromatic nitrogens is 1. The minimum atomic E-state index is 0.0308. The number of pyridine rings is 1. The summed E-state index contributed by atoms with van der Waals surface area (Å²) < 4.78 is 5.18. The van der Waals surface area contributed by atoms with E-state index >= 15 is 0 Å². The van der Waals surface area contributed by atoms with E-state index in [1.807, 2.05) is 25.1 Å². The van der Waals surface area contributed by atoms with E-state index in [0.717, 1.165) is 23.4 Å². The van der Waals surface area contributed by atoms with Crippen LogP contribution in [0.2, 0.25) is 0 Å². The summed E-state index contributed by atoms with van der Waals surface area (Å²) in [6.45, 7) is 2.73. The Morgan fingerprint density at radius 3 is 2.68 bits per heavy atom. The zero-order valence-electron chi connectivity index (χ0n) is 11.1. The first-order chi connectivity index (χ1) is 9.20. The van der Waals surface area contributed by atoms with Crippen LogP contribution in [0.4, 0.5) is 0 Å². The zero-order valence-corrected chi connectivity index (χ0v) is 11.1. The number of phenols is 1. The molecule has 0 radical (unpaired) electrons. The van der Waals surface area contributed by atoms with Crippen LogP contribution in [0.3, 0.4) is 0 Å². The number of phenolic OH excluding ortho intramolecular Hbond substituents is 1. The van der Waals surface area contributed by atoms with Crippen molar-refractivity contribution >= 4 is 0 Å². The molecule has 1 aromatic carbocycles. The van der Waals surface area contributed by atoms with Gasteiger partial charge in [-0.2, -0.15) is 0 Å². The topological polar surface area (TPSA) is 54.4 Å². The number of hydrogen-bond donors (Lipinski definition) is 2. The Balaban J connectivity index is 2.05. The van der Waals surface area contributed by atoms with Crippen molar-refractivity contribution in [3.8, 4) is 11.5 Å². The molecule has 4 heteroatoms. The van der Waals surface area contributed by atoms with Gasteiger partial charge in [-0.1, -0.05) is 0 Å². The molecule has 1 aromatic heterocycles. The molecule has 0 aliphatic heterocycles. The fourth-order valence-electron chi connectivity index (χ4n) is 1.89. The molecule has 0 aliphatic carbocycles. The summed E-state index contributed by atoms with van der Waals surface area (Å²) in [5.41, 5.74) is 1.98. The third-order valence-electron chi connectivity index (χ3n) is 3.06. The van der Waals surface area contributed by atoms with Gasteiger partial charge in [0.05, 0.1) is 7.11 Å². The first-order valence-corrected chi connectivity index (χ1v) is 6.20. The van der Waals surface area contributed by atoms with Gasteiger partial charge in [0.2, 0.25) is 0 Å². The Kier molecular flexibility index (Phi) is 4.36. The monoisotopic (exact) mass is 258 g/mol. The molecule has 1 atom stereocenters. The molecule has 100 valence electrons. The third kappa shape index (κ3) is 3.45. The molecule has 2 aromatic rings. The maximum atomic E-state index is 9.89. The Labute approximate surface area is 113 Å². The van der Waals surface area contributed by atoms with Gasteiger partial charge < -0.3 is 15.2 Å². The molecule has 2 N–H and O–H groups in total. The number of methoxy groups -OCH3 is 1. The van der Waals surface area contributed by atoms with Gasteiger partial charge >= 0.3 is 0 Å². The number of nitrogens with zero attached hydrogens (tertiary/aromatic N) is 1. The first kappa shape index (κ1) is 13.4. The highest BCUT2D eigenvalue weighted by atomic mass is 16.5. The predicted octanol–water partition coefficient (Wildman–Crippen LogP) is 2.65. The van der Waals surface area contributed by atoms with Crippen molar-refractivity contribution < 1.29 is 9.84 Å². The van der Waals surface area contributed by atoms with Gasteiger partial charge in [0.15, 0.2) is 0 Å². The van der Waals surface area contributed by atoms with E-state index in [-0.39, 0.29) is 11.8 Å². The van der Waals surface area contributed by atoms with E-state index in [9.17, 15) is 5.11 Å². The van der Waals surface area contributed by atoms with Crippen molar-refractivity contribution in [2.24, 2.45) is 0 Å². The maximum Gasteiger partial charge on any atom is 0.120 e. The summed E-state index contributed by atoms with van der Waals surface area (Å²) in [6.07, 6.45) is 3.54. The highest BCUT2D eigenvalue weighted by molar-refractivity contribution is 5.41. The predicted molar refractivity (Wildman–Crippen MR) is 74.2 cm³/mol. The van der Waals surface area contributed by atoms with Gasteiger partial charge in [-0.25, -0.2) is 0 Å². The number of nitrogens with one attached hydrogen (secondary N) is 1. The lowest BCUT2D eigenvalue weighted by atomic mass is 10.1. The van der Waals surface area contributed by atoms with E-state index < -0.39 is 0 Å². The molecule has 19 heavy (non-hydrogen) atoms. The molecular formula is C15H18N2O2. The van der Waals surface area contributed by atoms with Crippen LogP contribution >= 0.6 is 0 Å². The molecule has 1 unspecified atom stereocenters. The summed E-state index contributed by atoms with van der Waals surface area (Å²) in [5, 5.41) is 13.3. The minimum Gasteiger partial charge on any atom is -0.508 e. The molecule has 0 amide bonds. The molecule has 0 saturated heterocycles.